The molecule has 1 aromatic rings. The molecule has 18 heavy (non-hydrogen) atoms. The monoisotopic (exact) mass is 270 g/mol. The minimum absolute atomic E-state index is 0.0223. The second-order valence-electron chi connectivity index (χ2n) is 4.86. The molecule has 0 radical (unpaired) electrons. The van der Waals surface area contributed by atoms with Crippen molar-refractivity contribution in [2.24, 2.45) is 0 Å². The first kappa shape index (κ1) is 13.5. The third kappa shape index (κ3) is 2.71. The van der Waals surface area contributed by atoms with Crippen molar-refractivity contribution in [1.82, 2.24) is 9.29 Å². The standard InChI is InChI=1S/C12H18N2O3S/c1-14(10-12(15)7-3-4-8-12)18(16,17)11-6-2-5-9-13-11/h2,5-6,9,15H,3-4,7-8,10H2,1H3. The highest BCUT2D eigenvalue weighted by atomic mass is 32.2. The van der Waals surface area contributed by atoms with Crippen LogP contribution in [0.3, 0.4) is 0 Å². The molecule has 100 valence electrons. The topological polar surface area (TPSA) is 70.5 Å². The molecule has 0 aliphatic heterocycles. The number of nitrogens with zero attached hydrogens (tertiary/aromatic N) is 2. The summed E-state index contributed by atoms with van der Waals surface area (Å²) < 4.78 is 25.6. The van der Waals surface area contributed by atoms with Crippen LogP contribution in [0.5, 0.6) is 0 Å². The van der Waals surface area contributed by atoms with E-state index in [9.17, 15) is 13.5 Å². The fourth-order valence-corrected chi connectivity index (χ4v) is 3.52. The fourth-order valence-electron chi connectivity index (χ4n) is 2.35. The van der Waals surface area contributed by atoms with Crippen molar-refractivity contribution in [2.45, 2.75) is 36.3 Å². The molecular weight excluding hydrogens is 252 g/mol. The molecule has 0 atom stereocenters. The van der Waals surface area contributed by atoms with Gasteiger partial charge in [0.1, 0.15) is 0 Å². The van der Waals surface area contributed by atoms with Crippen molar-refractivity contribution in [2.75, 3.05) is 13.6 Å². The number of hydrogen-bond acceptors (Lipinski definition) is 4. The Bertz CT molecular complexity index is 495. The van der Waals surface area contributed by atoms with Gasteiger partial charge in [-0.3, -0.25) is 0 Å². The van der Waals surface area contributed by atoms with Crippen LogP contribution in [0.1, 0.15) is 25.7 Å². The summed E-state index contributed by atoms with van der Waals surface area (Å²) in [5, 5.41) is 10.3. The van der Waals surface area contributed by atoms with Crippen molar-refractivity contribution in [3.63, 3.8) is 0 Å². The summed E-state index contributed by atoms with van der Waals surface area (Å²) in [4.78, 5) is 3.86. The molecule has 0 amide bonds. The van der Waals surface area contributed by atoms with Crippen LogP contribution in [0.4, 0.5) is 0 Å². The SMILES string of the molecule is CN(CC1(O)CCCC1)S(=O)(=O)c1ccccn1. The highest BCUT2D eigenvalue weighted by Crippen LogP contribution is 2.31. The zero-order valence-corrected chi connectivity index (χ0v) is 11.2. The normalized spacial score (nSPS) is 19.3. The number of pyridine rings is 1. The van der Waals surface area contributed by atoms with Gasteiger partial charge in [0.05, 0.1) is 5.60 Å². The van der Waals surface area contributed by atoms with Crippen LogP contribution in [0, 0.1) is 0 Å². The lowest BCUT2D eigenvalue weighted by atomic mass is 10.0. The van der Waals surface area contributed by atoms with Crippen molar-refractivity contribution < 1.29 is 13.5 Å². The number of hydrogen-bond donors (Lipinski definition) is 1. The van der Waals surface area contributed by atoms with Crippen LogP contribution in [0.25, 0.3) is 0 Å². The average Bonchev–Trinajstić information content (AvgIpc) is 2.77. The number of rotatable bonds is 4. The van der Waals surface area contributed by atoms with Crippen molar-refractivity contribution in [3.8, 4) is 0 Å². The third-order valence-corrected chi connectivity index (χ3v) is 5.08. The number of aliphatic hydroxyl groups is 1. The maximum atomic E-state index is 12.2. The Hall–Kier alpha value is -0.980. The van der Waals surface area contributed by atoms with Gasteiger partial charge in [0, 0.05) is 19.8 Å². The second kappa shape index (κ2) is 4.95. The average molecular weight is 270 g/mol. The van der Waals surface area contributed by atoms with E-state index in [1.165, 1.54) is 23.6 Å². The molecule has 0 unspecified atom stereocenters. The molecule has 0 aromatic carbocycles. The van der Waals surface area contributed by atoms with Gasteiger partial charge in [-0.05, 0) is 25.0 Å². The number of likely N-dealkylation sites (N-methyl/N-ethyl adjacent to an activating group) is 1. The molecular formula is C12H18N2O3S. The van der Waals surface area contributed by atoms with E-state index in [1.807, 2.05) is 0 Å². The third-order valence-electron chi connectivity index (χ3n) is 3.36. The fraction of sp³-hybridized carbons (Fsp3) is 0.583. The quantitative estimate of drug-likeness (QED) is 0.886. The Morgan fingerprint density at radius 2 is 2.06 bits per heavy atom. The van der Waals surface area contributed by atoms with Crippen molar-refractivity contribution in [3.05, 3.63) is 24.4 Å². The van der Waals surface area contributed by atoms with Gasteiger partial charge in [-0.15, -0.1) is 0 Å². The van der Waals surface area contributed by atoms with Crippen LogP contribution in [0.15, 0.2) is 29.4 Å². The lowest BCUT2D eigenvalue weighted by molar-refractivity contribution is 0.0333. The van der Waals surface area contributed by atoms with Gasteiger partial charge in [-0.25, -0.2) is 13.4 Å². The number of aromatic nitrogens is 1. The van der Waals surface area contributed by atoms with Crippen LogP contribution < -0.4 is 0 Å². The van der Waals surface area contributed by atoms with Gasteiger partial charge >= 0.3 is 0 Å². The van der Waals surface area contributed by atoms with E-state index in [1.54, 1.807) is 12.1 Å². The maximum absolute atomic E-state index is 12.2. The molecule has 1 heterocycles. The molecule has 5 nitrogen and oxygen atoms in total. The molecule has 1 N–H and O–H groups in total. The second-order valence-corrected chi connectivity index (χ2v) is 6.85. The van der Waals surface area contributed by atoms with Crippen LogP contribution in [-0.2, 0) is 10.0 Å². The summed E-state index contributed by atoms with van der Waals surface area (Å²) >= 11 is 0. The van der Waals surface area contributed by atoms with Crippen molar-refractivity contribution >= 4 is 10.0 Å². The molecule has 0 spiro atoms. The molecule has 1 aliphatic carbocycles. The molecule has 0 bridgehead atoms. The Morgan fingerprint density at radius 1 is 1.39 bits per heavy atom. The smallest absolute Gasteiger partial charge is 0.260 e. The summed E-state index contributed by atoms with van der Waals surface area (Å²) in [6.45, 7) is 0.131. The summed E-state index contributed by atoms with van der Waals surface area (Å²) in [6.07, 6.45) is 4.68. The lowest BCUT2D eigenvalue weighted by Crippen LogP contribution is -2.42. The van der Waals surface area contributed by atoms with Gasteiger partial charge in [0.15, 0.2) is 5.03 Å². The van der Waals surface area contributed by atoms with E-state index in [0.717, 1.165) is 12.8 Å². The van der Waals surface area contributed by atoms with Gasteiger partial charge in [-0.2, -0.15) is 4.31 Å². The zero-order valence-electron chi connectivity index (χ0n) is 10.4. The summed E-state index contributed by atoms with van der Waals surface area (Å²) in [6, 6.07) is 4.77. The molecule has 0 saturated heterocycles. The van der Waals surface area contributed by atoms with Crippen LogP contribution in [-0.4, -0.2) is 42.0 Å². The van der Waals surface area contributed by atoms with Gasteiger partial charge in [-0.1, -0.05) is 18.9 Å². The summed E-state index contributed by atoms with van der Waals surface area (Å²) in [5.41, 5.74) is -0.878. The highest BCUT2D eigenvalue weighted by Gasteiger charge is 2.36. The lowest BCUT2D eigenvalue weighted by Gasteiger charge is -2.27. The van der Waals surface area contributed by atoms with Crippen molar-refractivity contribution in [1.29, 1.82) is 0 Å². The number of sulfonamides is 1. The summed E-state index contributed by atoms with van der Waals surface area (Å²) in [5.74, 6) is 0. The van der Waals surface area contributed by atoms with E-state index in [-0.39, 0.29) is 11.6 Å². The van der Waals surface area contributed by atoms with E-state index >= 15 is 0 Å². The Labute approximate surface area is 108 Å². The molecule has 1 saturated carbocycles. The van der Waals surface area contributed by atoms with Crippen LogP contribution in [0.2, 0.25) is 0 Å². The Morgan fingerprint density at radius 3 is 2.61 bits per heavy atom. The summed E-state index contributed by atoms with van der Waals surface area (Å²) in [7, 11) is -2.12. The maximum Gasteiger partial charge on any atom is 0.260 e. The highest BCUT2D eigenvalue weighted by molar-refractivity contribution is 7.89. The van der Waals surface area contributed by atoms with Gasteiger partial charge < -0.3 is 5.11 Å². The molecule has 6 heteroatoms. The molecule has 1 aromatic heterocycles. The van der Waals surface area contributed by atoms with E-state index in [2.05, 4.69) is 4.98 Å². The van der Waals surface area contributed by atoms with E-state index in [4.69, 9.17) is 0 Å². The first-order chi connectivity index (χ1) is 8.44. The van der Waals surface area contributed by atoms with E-state index < -0.39 is 15.6 Å². The van der Waals surface area contributed by atoms with Crippen LogP contribution >= 0.6 is 0 Å². The van der Waals surface area contributed by atoms with Gasteiger partial charge in [0.2, 0.25) is 0 Å². The molecule has 2 rings (SSSR count). The largest absolute Gasteiger partial charge is 0.389 e. The predicted octanol–water partition coefficient (Wildman–Crippen LogP) is 1.01. The predicted molar refractivity (Wildman–Crippen MR) is 67.5 cm³/mol. The Kier molecular flexibility index (Phi) is 3.70. The zero-order chi connectivity index (χ0) is 13.2. The first-order valence-corrected chi connectivity index (χ1v) is 7.48. The molecule has 1 aliphatic rings. The van der Waals surface area contributed by atoms with Gasteiger partial charge in [0.25, 0.3) is 10.0 Å². The minimum Gasteiger partial charge on any atom is -0.389 e. The molecule has 1 fully saturated rings. The minimum atomic E-state index is -3.60. The first-order valence-electron chi connectivity index (χ1n) is 6.04. The van der Waals surface area contributed by atoms with E-state index in [0.29, 0.717) is 12.8 Å². The Balaban J connectivity index is 2.16.